The molecule has 0 unspecified atom stereocenters. The summed E-state index contributed by atoms with van der Waals surface area (Å²) in [6, 6.07) is 11.0. The molecule has 1 N–H and O–H groups in total. The van der Waals surface area contributed by atoms with Gasteiger partial charge in [-0.2, -0.15) is 0 Å². The maximum absolute atomic E-state index is 3.49. The fourth-order valence-electron chi connectivity index (χ4n) is 2.29. The standard InChI is InChI=1S/C15H22N2/c1-3-9-16-12-14-11-13-7-5-6-8-15(13)17(14)10-4-2/h5-8,11,16H,3-4,9-10,12H2,1-2H3. The average Bonchev–Trinajstić information content (AvgIpc) is 2.69. The van der Waals surface area contributed by atoms with Gasteiger partial charge in [-0.05, 0) is 36.9 Å². The minimum absolute atomic E-state index is 0.975. The van der Waals surface area contributed by atoms with Crippen LogP contribution in [0.5, 0.6) is 0 Å². The van der Waals surface area contributed by atoms with E-state index in [2.05, 4.69) is 54.1 Å². The molecule has 2 rings (SSSR count). The van der Waals surface area contributed by atoms with Crippen LogP contribution in [0.15, 0.2) is 30.3 Å². The Balaban J connectivity index is 2.29. The van der Waals surface area contributed by atoms with Gasteiger partial charge in [-0.25, -0.2) is 0 Å². The van der Waals surface area contributed by atoms with Gasteiger partial charge in [0.05, 0.1) is 0 Å². The van der Waals surface area contributed by atoms with Gasteiger partial charge >= 0.3 is 0 Å². The molecule has 0 saturated heterocycles. The molecule has 0 bridgehead atoms. The molecule has 0 fully saturated rings. The maximum Gasteiger partial charge on any atom is 0.0482 e. The van der Waals surface area contributed by atoms with Gasteiger partial charge in [0.15, 0.2) is 0 Å². The van der Waals surface area contributed by atoms with Crippen LogP contribution in [0.25, 0.3) is 10.9 Å². The number of aromatic nitrogens is 1. The first-order valence-corrected chi connectivity index (χ1v) is 6.64. The summed E-state index contributed by atoms with van der Waals surface area (Å²) < 4.78 is 2.44. The smallest absolute Gasteiger partial charge is 0.0482 e. The number of hydrogen-bond acceptors (Lipinski definition) is 1. The highest BCUT2D eigenvalue weighted by molar-refractivity contribution is 5.81. The number of benzene rings is 1. The summed E-state index contributed by atoms with van der Waals surface area (Å²) in [4.78, 5) is 0. The molecule has 0 radical (unpaired) electrons. The summed E-state index contributed by atoms with van der Waals surface area (Å²) in [5.74, 6) is 0. The van der Waals surface area contributed by atoms with Crippen LogP contribution in [0.2, 0.25) is 0 Å². The third kappa shape index (κ3) is 2.70. The van der Waals surface area contributed by atoms with E-state index in [0.29, 0.717) is 0 Å². The largest absolute Gasteiger partial charge is 0.343 e. The maximum atomic E-state index is 3.49. The number of para-hydroxylation sites is 1. The molecule has 0 aliphatic rings. The predicted octanol–water partition coefficient (Wildman–Crippen LogP) is 3.55. The molecule has 92 valence electrons. The first-order chi connectivity index (χ1) is 8.36. The van der Waals surface area contributed by atoms with Crippen molar-refractivity contribution >= 4 is 10.9 Å². The third-order valence-corrected chi connectivity index (χ3v) is 3.08. The van der Waals surface area contributed by atoms with Crippen LogP contribution in [0.4, 0.5) is 0 Å². The minimum Gasteiger partial charge on any atom is -0.343 e. The van der Waals surface area contributed by atoms with E-state index < -0.39 is 0 Å². The number of nitrogens with one attached hydrogen (secondary N) is 1. The van der Waals surface area contributed by atoms with Gasteiger partial charge in [-0.1, -0.05) is 32.0 Å². The highest BCUT2D eigenvalue weighted by Gasteiger charge is 2.06. The Morgan fingerprint density at radius 3 is 2.71 bits per heavy atom. The van der Waals surface area contributed by atoms with Crippen molar-refractivity contribution in [3.8, 4) is 0 Å². The first-order valence-electron chi connectivity index (χ1n) is 6.64. The van der Waals surface area contributed by atoms with Gasteiger partial charge in [0.25, 0.3) is 0 Å². The lowest BCUT2D eigenvalue weighted by atomic mass is 10.2. The Hall–Kier alpha value is -1.28. The molecule has 1 aromatic heterocycles. The van der Waals surface area contributed by atoms with Crippen molar-refractivity contribution in [3.63, 3.8) is 0 Å². The molecule has 0 amide bonds. The van der Waals surface area contributed by atoms with Gasteiger partial charge in [0, 0.05) is 24.3 Å². The SMILES string of the molecule is CCCNCc1cc2ccccc2n1CCC. The van der Waals surface area contributed by atoms with Gasteiger partial charge in [0.1, 0.15) is 0 Å². The van der Waals surface area contributed by atoms with Crippen LogP contribution in [0.1, 0.15) is 32.4 Å². The molecule has 2 aromatic rings. The van der Waals surface area contributed by atoms with Crippen molar-refractivity contribution in [2.75, 3.05) is 6.54 Å². The topological polar surface area (TPSA) is 17.0 Å². The molecule has 2 heteroatoms. The molecule has 0 aliphatic carbocycles. The zero-order valence-electron chi connectivity index (χ0n) is 10.9. The van der Waals surface area contributed by atoms with E-state index in [0.717, 1.165) is 19.6 Å². The van der Waals surface area contributed by atoms with Crippen molar-refractivity contribution < 1.29 is 0 Å². The zero-order valence-corrected chi connectivity index (χ0v) is 10.9. The quantitative estimate of drug-likeness (QED) is 0.751. The molecule has 0 atom stereocenters. The van der Waals surface area contributed by atoms with Gasteiger partial charge < -0.3 is 9.88 Å². The van der Waals surface area contributed by atoms with Crippen LogP contribution in [-0.4, -0.2) is 11.1 Å². The molecule has 0 aliphatic heterocycles. The summed E-state index contributed by atoms with van der Waals surface area (Å²) in [6.45, 7) is 7.61. The van der Waals surface area contributed by atoms with Crippen LogP contribution in [0, 0.1) is 0 Å². The number of rotatable bonds is 6. The Labute approximate surface area is 104 Å². The van der Waals surface area contributed by atoms with Gasteiger partial charge in [0.2, 0.25) is 0 Å². The van der Waals surface area contributed by atoms with E-state index in [4.69, 9.17) is 0 Å². The molecule has 1 heterocycles. The summed E-state index contributed by atoms with van der Waals surface area (Å²) in [5.41, 5.74) is 2.77. The van der Waals surface area contributed by atoms with Crippen LogP contribution in [0.3, 0.4) is 0 Å². The Morgan fingerprint density at radius 2 is 1.94 bits per heavy atom. The Kier molecular flexibility index (Phi) is 4.21. The van der Waals surface area contributed by atoms with E-state index in [9.17, 15) is 0 Å². The van der Waals surface area contributed by atoms with E-state index in [1.807, 2.05) is 0 Å². The fraction of sp³-hybridized carbons (Fsp3) is 0.467. The first kappa shape index (κ1) is 12.2. The number of nitrogens with zero attached hydrogens (tertiary/aromatic N) is 1. The van der Waals surface area contributed by atoms with Crippen molar-refractivity contribution in [3.05, 3.63) is 36.0 Å². The average molecular weight is 230 g/mol. The highest BCUT2D eigenvalue weighted by atomic mass is 15.0. The summed E-state index contributed by atoms with van der Waals surface area (Å²) in [7, 11) is 0. The Bertz CT molecular complexity index is 471. The molecule has 17 heavy (non-hydrogen) atoms. The van der Waals surface area contributed by atoms with Gasteiger partial charge in [-0.15, -0.1) is 0 Å². The Morgan fingerprint density at radius 1 is 1.12 bits per heavy atom. The monoisotopic (exact) mass is 230 g/mol. The molecular weight excluding hydrogens is 208 g/mol. The van der Waals surface area contributed by atoms with Crippen molar-refractivity contribution in [2.45, 2.75) is 39.8 Å². The highest BCUT2D eigenvalue weighted by Crippen LogP contribution is 2.20. The van der Waals surface area contributed by atoms with Crippen molar-refractivity contribution in [1.82, 2.24) is 9.88 Å². The second-order valence-electron chi connectivity index (χ2n) is 4.52. The minimum atomic E-state index is 0.975. The molecule has 1 aromatic carbocycles. The molecule has 0 saturated carbocycles. The molecule has 2 nitrogen and oxygen atoms in total. The molecular formula is C15H22N2. The second kappa shape index (κ2) is 5.87. The summed E-state index contributed by atoms with van der Waals surface area (Å²) in [5, 5.41) is 4.85. The van der Waals surface area contributed by atoms with Crippen LogP contribution < -0.4 is 5.32 Å². The third-order valence-electron chi connectivity index (χ3n) is 3.08. The van der Waals surface area contributed by atoms with Crippen molar-refractivity contribution in [2.24, 2.45) is 0 Å². The lowest BCUT2D eigenvalue weighted by Crippen LogP contribution is -2.16. The van der Waals surface area contributed by atoms with E-state index in [-0.39, 0.29) is 0 Å². The second-order valence-corrected chi connectivity index (χ2v) is 4.52. The predicted molar refractivity (Wildman–Crippen MR) is 74.2 cm³/mol. The van der Waals surface area contributed by atoms with E-state index in [1.165, 1.54) is 29.4 Å². The lowest BCUT2D eigenvalue weighted by molar-refractivity contribution is 0.609. The number of hydrogen-bond donors (Lipinski definition) is 1. The van der Waals surface area contributed by atoms with Crippen LogP contribution in [-0.2, 0) is 13.1 Å². The van der Waals surface area contributed by atoms with Gasteiger partial charge in [-0.3, -0.25) is 0 Å². The van der Waals surface area contributed by atoms with E-state index >= 15 is 0 Å². The zero-order chi connectivity index (χ0) is 12.1. The number of fused-ring (bicyclic) bond motifs is 1. The van der Waals surface area contributed by atoms with E-state index in [1.54, 1.807) is 0 Å². The lowest BCUT2D eigenvalue weighted by Gasteiger charge is -2.10. The summed E-state index contributed by atoms with van der Waals surface area (Å²) >= 11 is 0. The normalized spacial score (nSPS) is 11.2. The molecule has 0 spiro atoms. The summed E-state index contributed by atoms with van der Waals surface area (Å²) in [6.07, 6.45) is 2.37. The van der Waals surface area contributed by atoms with Crippen molar-refractivity contribution in [1.29, 1.82) is 0 Å². The van der Waals surface area contributed by atoms with Crippen LogP contribution >= 0.6 is 0 Å². The fourth-order valence-corrected chi connectivity index (χ4v) is 2.29. The number of aryl methyl sites for hydroxylation is 1.